The molecule has 3 rings (SSSR count). The summed E-state index contributed by atoms with van der Waals surface area (Å²) in [6, 6.07) is 7.08. The second kappa shape index (κ2) is 8.02. The molecule has 1 aliphatic heterocycles. The standard InChI is InChI=1S/C20H22N2O5S/c1-5-26-20(25)17-11(2)13(4)28-18(17)21-16(23)10-22-14-8-6-7-9-15(14)27-12(3)19(22)24/h6-9,12H,5,10H2,1-4H3,(H,21,23)/t12-/m1/s1. The van der Waals surface area contributed by atoms with E-state index in [9.17, 15) is 14.4 Å². The number of para-hydroxylation sites is 2. The number of rotatable bonds is 5. The van der Waals surface area contributed by atoms with Crippen LogP contribution in [0.2, 0.25) is 0 Å². The lowest BCUT2D eigenvalue weighted by Gasteiger charge is -2.32. The Hall–Kier alpha value is -2.87. The van der Waals surface area contributed by atoms with Gasteiger partial charge in [-0.2, -0.15) is 0 Å². The molecular weight excluding hydrogens is 380 g/mol. The SMILES string of the molecule is CCOC(=O)c1c(NC(=O)CN2C(=O)[C@@H](C)Oc3ccccc32)sc(C)c1C. The molecule has 7 nitrogen and oxygen atoms in total. The lowest BCUT2D eigenvalue weighted by molar-refractivity contribution is -0.127. The number of nitrogens with zero attached hydrogens (tertiary/aromatic N) is 1. The first kappa shape index (κ1) is 19.9. The normalized spacial score (nSPS) is 15.6. The highest BCUT2D eigenvalue weighted by Gasteiger charge is 2.33. The highest BCUT2D eigenvalue weighted by molar-refractivity contribution is 7.16. The van der Waals surface area contributed by atoms with E-state index in [-0.39, 0.29) is 19.1 Å². The summed E-state index contributed by atoms with van der Waals surface area (Å²) in [6.45, 7) is 7.14. The van der Waals surface area contributed by atoms with Gasteiger partial charge >= 0.3 is 5.97 Å². The molecule has 8 heteroatoms. The fourth-order valence-corrected chi connectivity index (χ4v) is 4.06. The van der Waals surface area contributed by atoms with E-state index in [1.165, 1.54) is 16.2 Å². The smallest absolute Gasteiger partial charge is 0.341 e. The largest absolute Gasteiger partial charge is 0.479 e. The van der Waals surface area contributed by atoms with E-state index in [2.05, 4.69) is 5.32 Å². The fourth-order valence-electron chi connectivity index (χ4n) is 3.00. The van der Waals surface area contributed by atoms with Crippen LogP contribution >= 0.6 is 11.3 Å². The molecule has 1 aromatic heterocycles. The second-order valence-electron chi connectivity index (χ2n) is 6.41. The van der Waals surface area contributed by atoms with E-state index in [4.69, 9.17) is 9.47 Å². The van der Waals surface area contributed by atoms with Crippen LogP contribution in [0.4, 0.5) is 10.7 Å². The number of carbonyl (C=O) groups is 3. The third kappa shape index (κ3) is 3.73. The second-order valence-corrected chi connectivity index (χ2v) is 7.63. The van der Waals surface area contributed by atoms with Gasteiger partial charge in [-0.15, -0.1) is 11.3 Å². The zero-order chi connectivity index (χ0) is 20.4. The van der Waals surface area contributed by atoms with E-state index in [0.29, 0.717) is 22.0 Å². The lowest BCUT2D eigenvalue weighted by atomic mass is 10.1. The molecule has 28 heavy (non-hydrogen) atoms. The fraction of sp³-hybridized carbons (Fsp3) is 0.350. The number of carbonyl (C=O) groups excluding carboxylic acids is 3. The number of amides is 2. The van der Waals surface area contributed by atoms with Crippen molar-refractivity contribution >= 4 is 39.8 Å². The summed E-state index contributed by atoms with van der Waals surface area (Å²) in [5.74, 6) is -0.611. The number of hydrogen-bond donors (Lipinski definition) is 1. The molecule has 0 spiro atoms. The van der Waals surface area contributed by atoms with Crippen LogP contribution in [0.1, 0.15) is 34.6 Å². The molecule has 0 aliphatic carbocycles. The number of aryl methyl sites for hydroxylation is 1. The van der Waals surface area contributed by atoms with Gasteiger partial charge < -0.3 is 14.8 Å². The molecule has 0 saturated carbocycles. The van der Waals surface area contributed by atoms with Gasteiger partial charge in [0.2, 0.25) is 5.91 Å². The van der Waals surface area contributed by atoms with Gasteiger partial charge in [0.25, 0.3) is 5.91 Å². The lowest BCUT2D eigenvalue weighted by Crippen LogP contribution is -2.47. The Kier molecular flexibility index (Phi) is 5.69. The average Bonchev–Trinajstić information content (AvgIpc) is 2.92. The first-order valence-corrected chi connectivity index (χ1v) is 9.79. The maximum absolute atomic E-state index is 12.7. The zero-order valence-corrected chi connectivity index (χ0v) is 17.0. The van der Waals surface area contributed by atoms with Crippen LogP contribution in [0.5, 0.6) is 5.75 Å². The predicted molar refractivity (Wildman–Crippen MR) is 107 cm³/mol. The van der Waals surface area contributed by atoms with Crippen molar-refractivity contribution in [3.8, 4) is 5.75 Å². The third-order valence-electron chi connectivity index (χ3n) is 4.49. The molecule has 1 aromatic carbocycles. The Bertz CT molecular complexity index is 937. The molecule has 0 unspecified atom stereocenters. The van der Waals surface area contributed by atoms with Crippen molar-refractivity contribution in [3.63, 3.8) is 0 Å². The van der Waals surface area contributed by atoms with E-state index < -0.39 is 18.0 Å². The Balaban J connectivity index is 1.83. The van der Waals surface area contributed by atoms with E-state index >= 15 is 0 Å². The van der Waals surface area contributed by atoms with Gasteiger partial charge in [-0.25, -0.2) is 4.79 Å². The van der Waals surface area contributed by atoms with Crippen molar-refractivity contribution in [3.05, 3.63) is 40.3 Å². The summed E-state index contributed by atoms with van der Waals surface area (Å²) >= 11 is 1.31. The minimum Gasteiger partial charge on any atom is -0.479 e. The van der Waals surface area contributed by atoms with Crippen molar-refractivity contribution in [2.45, 2.75) is 33.8 Å². The molecule has 1 aliphatic rings. The molecule has 2 heterocycles. The molecule has 0 radical (unpaired) electrons. The summed E-state index contributed by atoms with van der Waals surface area (Å²) in [5.41, 5.74) is 1.69. The van der Waals surface area contributed by atoms with Gasteiger partial charge in [0, 0.05) is 4.88 Å². The van der Waals surface area contributed by atoms with Crippen LogP contribution in [0.15, 0.2) is 24.3 Å². The minimum absolute atomic E-state index is 0.179. The highest BCUT2D eigenvalue weighted by Crippen LogP contribution is 2.35. The molecule has 0 saturated heterocycles. The maximum atomic E-state index is 12.7. The van der Waals surface area contributed by atoms with Crippen LogP contribution in [-0.2, 0) is 14.3 Å². The predicted octanol–water partition coefficient (Wildman–Crippen LogP) is 3.29. The maximum Gasteiger partial charge on any atom is 0.341 e. The van der Waals surface area contributed by atoms with E-state index in [1.807, 2.05) is 19.9 Å². The summed E-state index contributed by atoms with van der Waals surface area (Å²) < 4.78 is 10.7. The van der Waals surface area contributed by atoms with Crippen molar-refractivity contribution in [2.75, 3.05) is 23.4 Å². The van der Waals surface area contributed by atoms with E-state index in [1.54, 1.807) is 32.0 Å². The van der Waals surface area contributed by atoms with Gasteiger partial charge in [-0.3, -0.25) is 14.5 Å². The molecule has 2 aromatic rings. The molecule has 2 amide bonds. The first-order valence-electron chi connectivity index (χ1n) is 8.97. The van der Waals surface area contributed by atoms with Crippen LogP contribution in [0.3, 0.4) is 0 Å². The van der Waals surface area contributed by atoms with E-state index in [0.717, 1.165) is 10.4 Å². The third-order valence-corrected chi connectivity index (χ3v) is 5.62. The topological polar surface area (TPSA) is 84.9 Å². The molecule has 0 fully saturated rings. The Morgan fingerprint density at radius 2 is 2.00 bits per heavy atom. The van der Waals surface area contributed by atoms with Gasteiger partial charge in [0.1, 0.15) is 17.3 Å². The van der Waals surface area contributed by atoms with Gasteiger partial charge in [0.05, 0.1) is 17.9 Å². The number of benzene rings is 1. The van der Waals surface area contributed by atoms with Crippen molar-refractivity contribution < 1.29 is 23.9 Å². The first-order chi connectivity index (χ1) is 13.3. The monoisotopic (exact) mass is 402 g/mol. The van der Waals surface area contributed by atoms with Crippen molar-refractivity contribution in [1.82, 2.24) is 0 Å². The number of anilines is 2. The molecular formula is C20H22N2O5S. The minimum atomic E-state index is -0.677. The van der Waals surface area contributed by atoms with Gasteiger partial charge in [-0.1, -0.05) is 12.1 Å². The number of nitrogens with one attached hydrogen (secondary N) is 1. The molecule has 1 atom stereocenters. The summed E-state index contributed by atoms with van der Waals surface area (Å²) in [7, 11) is 0. The molecule has 1 N–H and O–H groups in total. The van der Waals surface area contributed by atoms with Crippen LogP contribution < -0.4 is 15.0 Å². The number of hydrogen-bond acceptors (Lipinski definition) is 6. The van der Waals surface area contributed by atoms with Gasteiger partial charge in [-0.05, 0) is 45.4 Å². The molecule has 0 bridgehead atoms. The van der Waals surface area contributed by atoms with Crippen LogP contribution in [0.25, 0.3) is 0 Å². The summed E-state index contributed by atoms with van der Waals surface area (Å²) in [6.07, 6.45) is -0.677. The van der Waals surface area contributed by atoms with Crippen LogP contribution in [0, 0.1) is 13.8 Å². The Labute approximate surface area is 167 Å². The van der Waals surface area contributed by atoms with Crippen molar-refractivity contribution in [2.24, 2.45) is 0 Å². The quantitative estimate of drug-likeness (QED) is 0.776. The summed E-state index contributed by atoms with van der Waals surface area (Å²) in [5, 5.41) is 3.20. The molecule has 148 valence electrons. The Morgan fingerprint density at radius 1 is 1.29 bits per heavy atom. The van der Waals surface area contributed by atoms with Crippen molar-refractivity contribution in [1.29, 1.82) is 0 Å². The average molecular weight is 402 g/mol. The number of esters is 1. The summed E-state index contributed by atoms with van der Waals surface area (Å²) in [4.78, 5) is 39.8. The van der Waals surface area contributed by atoms with Gasteiger partial charge in [0.15, 0.2) is 6.10 Å². The number of fused-ring (bicyclic) bond motifs is 1. The Morgan fingerprint density at radius 3 is 2.71 bits per heavy atom. The highest BCUT2D eigenvalue weighted by atomic mass is 32.1. The van der Waals surface area contributed by atoms with Crippen LogP contribution in [-0.4, -0.2) is 37.0 Å². The number of thiophene rings is 1. The number of ether oxygens (including phenoxy) is 2. The zero-order valence-electron chi connectivity index (χ0n) is 16.2.